The number of carbonyl (C=O) groups excluding carboxylic acids is 1. The molecule has 1 N–H and O–H groups in total. The van der Waals surface area contributed by atoms with Gasteiger partial charge in [-0.05, 0) is 25.8 Å². The highest BCUT2D eigenvalue weighted by molar-refractivity contribution is 8.00. The van der Waals surface area contributed by atoms with E-state index in [1.165, 1.54) is 18.6 Å². The molecule has 1 amide bonds. The maximum atomic E-state index is 12.7. The average Bonchev–Trinajstić information content (AvgIpc) is 3.07. The maximum absolute atomic E-state index is 12.7. The Hall–Kier alpha value is -0.260. The second kappa shape index (κ2) is 6.02. The molecule has 0 aromatic carbocycles. The van der Waals surface area contributed by atoms with Crippen LogP contribution in [-0.2, 0) is 4.79 Å². The summed E-state index contributed by atoms with van der Waals surface area (Å²) in [6.07, 6.45) is 3.52. The summed E-state index contributed by atoms with van der Waals surface area (Å²) in [6, 6.07) is 0.813. The van der Waals surface area contributed by atoms with Crippen molar-refractivity contribution in [2.24, 2.45) is 0 Å². The van der Waals surface area contributed by atoms with Crippen LogP contribution in [0, 0.1) is 0 Å². The largest absolute Gasteiger partial charge is 0.339 e. The molecular weight excluding hydrogens is 258 g/mol. The summed E-state index contributed by atoms with van der Waals surface area (Å²) in [6.45, 7) is 7.12. The van der Waals surface area contributed by atoms with Crippen LogP contribution in [0.3, 0.4) is 0 Å². The Kier molecular flexibility index (Phi) is 4.34. The summed E-state index contributed by atoms with van der Waals surface area (Å²) in [5.41, 5.74) is 0. The lowest BCUT2D eigenvalue weighted by molar-refractivity contribution is -0.137. The van der Waals surface area contributed by atoms with Gasteiger partial charge in [0.15, 0.2) is 0 Å². The van der Waals surface area contributed by atoms with E-state index in [0.717, 1.165) is 44.4 Å². The van der Waals surface area contributed by atoms with Gasteiger partial charge in [-0.25, -0.2) is 0 Å². The number of nitrogens with one attached hydrogen (secondary N) is 1. The highest BCUT2D eigenvalue weighted by Gasteiger charge is 2.39. The van der Waals surface area contributed by atoms with Crippen molar-refractivity contribution >= 4 is 17.7 Å². The molecule has 0 saturated carbocycles. The molecule has 108 valence electrons. The van der Waals surface area contributed by atoms with E-state index in [4.69, 9.17) is 0 Å². The van der Waals surface area contributed by atoms with Crippen molar-refractivity contribution in [3.63, 3.8) is 0 Å². The summed E-state index contributed by atoms with van der Waals surface area (Å²) in [4.78, 5) is 17.3. The zero-order valence-electron chi connectivity index (χ0n) is 11.8. The number of likely N-dealkylation sites (tertiary alicyclic amines) is 1. The van der Waals surface area contributed by atoms with Gasteiger partial charge in [-0.3, -0.25) is 9.69 Å². The Balaban J connectivity index is 1.63. The number of thioether (sulfide) groups is 1. The number of hydrogen-bond acceptors (Lipinski definition) is 4. The van der Waals surface area contributed by atoms with Crippen LogP contribution >= 0.6 is 11.8 Å². The normalized spacial score (nSPS) is 36.9. The molecular formula is C14H25N3OS. The van der Waals surface area contributed by atoms with Crippen molar-refractivity contribution in [1.82, 2.24) is 15.1 Å². The fourth-order valence-electron chi connectivity index (χ4n) is 3.61. The van der Waals surface area contributed by atoms with Crippen LogP contribution in [0.4, 0.5) is 0 Å². The Morgan fingerprint density at radius 2 is 2.05 bits per heavy atom. The van der Waals surface area contributed by atoms with Crippen molar-refractivity contribution in [1.29, 1.82) is 0 Å². The monoisotopic (exact) mass is 283 g/mol. The van der Waals surface area contributed by atoms with Crippen LogP contribution in [0.2, 0.25) is 0 Å². The van der Waals surface area contributed by atoms with Crippen molar-refractivity contribution in [3.05, 3.63) is 0 Å². The van der Waals surface area contributed by atoms with Gasteiger partial charge in [-0.1, -0.05) is 6.92 Å². The lowest BCUT2D eigenvalue weighted by Gasteiger charge is -2.35. The van der Waals surface area contributed by atoms with Crippen LogP contribution in [0.25, 0.3) is 0 Å². The third kappa shape index (κ3) is 2.93. The minimum atomic E-state index is 0.175. The van der Waals surface area contributed by atoms with Gasteiger partial charge < -0.3 is 10.2 Å². The number of amides is 1. The number of carbonyl (C=O) groups is 1. The summed E-state index contributed by atoms with van der Waals surface area (Å²) in [5, 5.41) is 4.09. The lowest BCUT2D eigenvalue weighted by Crippen LogP contribution is -2.54. The van der Waals surface area contributed by atoms with Gasteiger partial charge in [0, 0.05) is 43.2 Å². The first kappa shape index (κ1) is 13.7. The third-order valence-corrected chi connectivity index (χ3v) is 5.99. The van der Waals surface area contributed by atoms with Gasteiger partial charge in [0.1, 0.15) is 0 Å². The molecule has 0 aromatic heterocycles. The first-order valence-corrected chi connectivity index (χ1v) is 8.67. The minimum Gasteiger partial charge on any atom is -0.339 e. The molecule has 19 heavy (non-hydrogen) atoms. The second-order valence-electron chi connectivity index (χ2n) is 6.00. The summed E-state index contributed by atoms with van der Waals surface area (Å²) < 4.78 is 0. The Morgan fingerprint density at radius 3 is 2.74 bits per heavy atom. The molecule has 0 bridgehead atoms. The number of nitrogens with zero attached hydrogens (tertiary/aromatic N) is 2. The lowest BCUT2D eigenvalue weighted by atomic mass is 10.1. The van der Waals surface area contributed by atoms with E-state index in [0.29, 0.717) is 11.9 Å². The van der Waals surface area contributed by atoms with Crippen LogP contribution in [-0.4, -0.2) is 71.5 Å². The summed E-state index contributed by atoms with van der Waals surface area (Å²) in [7, 11) is 0. The molecule has 3 rings (SSSR count). The zero-order chi connectivity index (χ0) is 13.2. The highest BCUT2D eigenvalue weighted by atomic mass is 32.2. The maximum Gasteiger partial charge on any atom is 0.240 e. The fourth-order valence-corrected chi connectivity index (χ4v) is 4.85. The molecule has 3 heterocycles. The topological polar surface area (TPSA) is 35.6 Å². The highest BCUT2D eigenvalue weighted by Crippen LogP contribution is 2.34. The molecule has 4 nitrogen and oxygen atoms in total. The molecule has 3 unspecified atom stereocenters. The van der Waals surface area contributed by atoms with E-state index in [-0.39, 0.29) is 6.04 Å². The van der Waals surface area contributed by atoms with Crippen LogP contribution in [0.15, 0.2) is 0 Å². The number of piperazine rings is 1. The van der Waals surface area contributed by atoms with Crippen molar-refractivity contribution in [3.8, 4) is 0 Å². The van der Waals surface area contributed by atoms with Gasteiger partial charge in [-0.15, -0.1) is 0 Å². The quantitative estimate of drug-likeness (QED) is 0.812. The van der Waals surface area contributed by atoms with Crippen LogP contribution < -0.4 is 5.32 Å². The molecule has 5 heteroatoms. The Bertz CT molecular complexity index is 333. The first-order valence-electron chi connectivity index (χ1n) is 7.62. The van der Waals surface area contributed by atoms with E-state index in [1.807, 2.05) is 0 Å². The Labute approximate surface area is 120 Å². The SMILES string of the molecule is CC1CC(N2CCCC2C(=O)N2CCNCC2)CS1. The third-order valence-electron chi connectivity index (χ3n) is 4.65. The van der Waals surface area contributed by atoms with Gasteiger partial charge >= 0.3 is 0 Å². The molecule has 3 aliphatic heterocycles. The molecule has 0 spiro atoms. The smallest absolute Gasteiger partial charge is 0.240 e. The van der Waals surface area contributed by atoms with E-state index in [1.54, 1.807) is 0 Å². The molecule has 0 aromatic rings. The second-order valence-corrected chi connectivity index (χ2v) is 7.48. The number of hydrogen-bond donors (Lipinski definition) is 1. The van der Waals surface area contributed by atoms with E-state index in [9.17, 15) is 4.79 Å². The van der Waals surface area contributed by atoms with E-state index >= 15 is 0 Å². The summed E-state index contributed by atoms with van der Waals surface area (Å²) >= 11 is 2.06. The van der Waals surface area contributed by atoms with Crippen molar-refractivity contribution < 1.29 is 4.79 Å². The number of rotatable bonds is 2. The minimum absolute atomic E-state index is 0.175. The van der Waals surface area contributed by atoms with E-state index < -0.39 is 0 Å². The molecule has 3 aliphatic rings. The summed E-state index contributed by atoms with van der Waals surface area (Å²) in [5.74, 6) is 1.61. The average molecular weight is 283 g/mol. The molecule has 3 saturated heterocycles. The predicted molar refractivity (Wildman–Crippen MR) is 79.5 cm³/mol. The predicted octanol–water partition coefficient (Wildman–Crippen LogP) is 0.777. The first-order chi connectivity index (χ1) is 9.25. The standard InChI is InChI=1S/C14H25N3OS/c1-11-9-12(10-19-11)17-6-2-3-13(17)14(18)16-7-4-15-5-8-16/h11-13,15H,2-10H2,1H3. The van der Waals surface area contributed by atoms with E-state index in [2.05, 4.69) is 33.8 Å². The van der Waals surface area contributed by atoms with Crippen molar-refractivity contribution in [2.75, 3.05) is 38.5 Å². The zero-order valence-corrected chi connectivity index (χ0v) is 12.6. The van der Waals surface area contributed by atoms with Gasteiger partial charge in [0.05, 0.1) is 6.04 Å². The van der Waals surface area contributed by atoms with Crippen molar-refractivity contribution in [2.45, 2.75) is 43.5 Å². The van der Waals surface area contributed by atoms with Gasteiger partial charge in [0.2, 0.25) is 5.91 Å². The van der Waals surface area contributed by atoms with Crippen LogP contribution in [0.1, 0.15) is 26.2 Å². The fraction of sp³-hybridized carbons (Fsp3) is 0.929. The van der Waals surface area contributed by atoms with Crippen LogP contribution in [0.5, 0.6) is 0 Å². The molecule has 3 atom stereocenters. The van der Waals surface area contributed by atoms with Gasteiger partial charge in [0.25, 0.3) is 0 Å². The van der Waals surface area contributed by atoms with Gasteiger partial charge in [-0.2, -0.15) is 11.8 Å². The molecule has 0 radical (unpaired) electrons. The molecule has 0 aliphatic carbocycles. The Morgan fingerprint density at radius 1 is 1.26 bits per heavy atom. The molecule has 3 fully saturated rings.